The number of amides is 1. The van der Waals surface area contributed by atoms with Gasteiger partial charge in [-0.25, -0.2) is 0 Å². The van der Waals surface area contributed by atoms with Crippen molar-refractivity contribution in [3.05, 3.63) is 58.1 Å². The van der Waals surface area contributed by atoms with E-state index in [1.54, 1.807) is 36.4 Å². The van der Waals surface area contributed by atoms with Crippen LogP contribution in [0.1, 0.15) is 31.0 Å². The van der Waals surface area contributed by atoms with Crippen LogP contribution in [0.4, 0.5) is 0 Å². The number of ketones is 1. The van der Waals surface area contributed by atoms with Gasteiger partial charge in [-0.1, -0.05) is 11.6 Å². The average molecular weight is 490 g/mol. The van der Waals surface area contributed by atoms with Gasteiger partial charge in [0, 0.05) is 17.1 Å². The van der Waals surface area contributed by atoms with E-state index in [4.69, 9.17) is 30.5 Å². The number of methoxy groups -OCH3 is 3. The smallest absolute Gasteiger partial charge is 0.295 e. The first-order valence-electron chi connectivity index (χ1n) is 10.7. The molecule has 0 bridgehead atoms. The van der Waals surface area contributed by atoms with Gasteiger partial charge in [-0.15, -0.1) is 0 Å². The zero-order valence-corrected chi connectivity index (χ0v) is 20.5. The average Bonchev–Trinajstić information content (AvgIpc) is 3.07. The molecule has 1 heterocycles. The predicted octanol–water partition coefficient (Wildman–Crippen LogP) is 4.21. The minimum absolute atomic E-state index is 0.0499. The Morgan fingerprint density at radius 2 is 1.62 bits per heavy atom. The van der Waals surface area contributed by atoms with Crippen LogP contribution < -0.4 is 14.2 Å². The van der Waals surface area contributed by atoms with Gasteiger partial charge in [-0.3, -0.25) is 9.59 Å². The van der Waals surface area contributed by atoms with Crippen LogP contribution in [0.15, 0.2) is 42.0 Å². The lowest BCUT2D eigenvalue weighted by Gasteiger charge is -2.26. The van der Waals surface area contributed by atoms with E-state index in [0.29, 0.717) is 33.4 Å². The van der Waals surface area contributed by atoms with E-state index in [2.05, 4.69) is 0 Å². The number of ether oxygens (including phenoxy) is 4. The summed E-state index contributed by atoms with van der Waals surface area (Å²) < 4.78 is 21.9. The fourth-order valence-electron chi connectivity index (χ4n) is 3.87. The summed E-state index contributed by atoms with van der Waals surface area (Å²) in [6.45, 7) is 4.12. The summed E-state index contributed by atoms with van der Waals surface area (Å²) in [6, 6.07) is 8.76. The molecule has 0 aliphatic carbocycles. The monoisotopic (exact) mass is 489 g/mol. The number of Topliss-reactive ketones (excluding diaryl/α,β-unsaturated/α-hetero) is 1. The first-order chi connectivity index (χ1) is 16.2. The number of nitrogens with zero attached hydrogens (tertiary/aromatic N) is 1. The third-order valence-electron chi connectivity index (χ3n) is 5.44. The van der Waals surface area contributed by atoms with Crippen molar-refractivity contribution in [3.63, 3.8) is 0 Å². The molecule has 2 aromatic carbocycles. The molecular formula is C25H28ClNO7. The normalized spacial score (nSPS) is 17.4. The van der Waals surface area contributed by atoms with Crippen LogP contribution in [0.2, 0.25) is 5.02 Å². The zero-order valence-electron chi connectivity index (χ0n) is 19.8. The van der Waals surface area contributed by atoms with Crippen LogP contribution in [0.25, 0.3) is 5.76 Å². The second-order valence-electron chi connectivity index (χ2n) is 7.88. The van der Waals surface area contributed by atoms with Crippen LogP contribution in [0, 0.1) is 0 Å². The molecule has 1 aliphatic heterocycles. The van der Waals surface area contributed by atoms with Gasteiger partial charge in [0.1, 0.15) is 5.76 Å². The number of hydrogen-bond donors (Lipinski definition) is 1. The molecule has 0 aromatic heterocycles. The Kier molecular flexibility index (Phi) is 8.06. The van der Waals surface area contributed by atoms with Gasteiger partial charge in [-0.05, 0) is 55.8 Å². The Morgan fingerprint density at radius 3 is 2.12 bits per heavy atom. The van der Waals surface area contributed by atoms with Crippen molar-refractivity contribution in [1.29, 1.82) is 0 Å². The molecule has 1 amide bonds. The minimum Gasteiger partial charge on any atom is -0.507 e. The van der Waals surface area contributed by atoms with Gasteiger partial charge in [0.15, 0.2) is 11.5 Å². The fourth-order valence-corrected chi connectivity index (χ4v) is 3.99. The number of aliphatic hydroxyl groups is 1. The first kappa shape index (κ1) is 25.4. The van der Waals surface area contributed by atoms with E-state index < -0.39 is 17.7 Å². The van der Waals surface area contributed by atoms with Crippen molar-refractivity contribution in [1.82, 2.24) is 4.90 Å². The number of carbonyl (C=O) groups is 2. The lowest BCUT2D eigenvalue weighted by molar-refractivity contribution is -0.140. The van der Waals surface area contributed by atoms with Gasteiger partial charge in [-0.2, -0.15) is 0 Å². The van der Waals surface area contributed by atoms with E-state index in [1.807, 2.05) is 13.8 Å². The van der Waals surface area contributed by atoms with Crippen LogP contribution in [0.3, 0.4) is 0 Å². The number of aliphatic hydroxyl groups excluding tert-OH is 1. The zero-order chi connectivity index (χ0) is 25.0. The minimum atomic E-state index is -0.903. The molecule has 9 heteroatoms. The lowest BCUT2D eigenvalue weighted by atomic mass is 9.94. The molecule has 1 saturated heterocycles. The van der Waals surface area contributed by atoms with Gasteiger partial charge in [0.2, 0.25) is 5.75 Å². The fraction of sp³-hybridized carbons (Fsp3) is 0.360. The van der Waals surface area contributed by atoms with Gasteiger partial charge in [0.25, 0.3) is 11.7 Å². The molecule has 0 spiro atoms. The van der Waals surface area contributed by atoms with E-state index in [0.717, 1.165) is 0 Å². The van der Waals surface area contributed by atoms with Crippen molar-refractivity contribution in [3.8, 4) is 17.2 Å². The van der Waals surface area contributed by atoms with Crippen molar-refractivity contribution in [2.24, 2.45) is 0 Å². The number of carbonyl (C=O) groups excluding carboxylic acids is 2. The maximum Gasteiger partial charge on any atom is 0.295 e. The number of halogens is 1. The second kappa shape index (κ2) is 10.8. The van der Waals surface area contributed by atoms with Gasteiger partial charge in [0.05, 0.1) is 45.7 Å². The molecule has 2 aromatic rings. The maximum absolute atomic E-state index is 13.1. The molecule has 1 fully saturated rings. The highest BCUT2D eigenvalue weighted by atomic mass is 35.5. The summed E-state index contributed by atoms with van der Waals surface area (Å²) in [5.74, 6) is -0.760. The molecule has 1 aliphatic rings. The Balaban J connectivity index is 2.21. The summed E-state index contributed by atoms with van der Waals surface area (Å²) in [5, 5.41) is 11.6. The quantitative estimate of drug-likeness (QED) is 0.320. The van der Waals surface area contributed by atoms with E-state index in [-0.39, 0.29) is 30.6 Å². The summed E-state index contributed by atoms with van der Waals surface area (Å²) in [4.78, 5) is 27.6. The number of hydrogen-bond acceptors (Lipinski definition) is 7. The number of benzene rings is 2. The van der Waals surface area contributed by atoms with Gasteiger partial charge < -0.3 is 29.0 Å². The SMILES string of the molecule is COc1cc(C2/C(=C(\O)c3ccc(Cl)cc3)C(=O)C(=O)N2CCOC(C)C)cc(OC)c1OC. The Morgan fingerprint density at radius 1 is 1.03 bits per heavy atom. The third-order valence-corrected chi connectivity index (χ3v) is 5.70. The number of rotatable bonds is 9. The largest absolute Gasteiger partial charge is 0.507 e. The van der Waals surface area contributed by atoms with E-state index >= 15 is 0 Å². The summed E-state index contributed by atoms with van der Waals surface area (Å²) in [6.07, 6.45) is -0.0505. The molecule has 182 valence electrons. The number of likely N-dealkylation sites (tertiary alicyclic amines) is 1. The highest BCUT2D eigenvalue weighted by molar-refractivity contribution is 6.46. The molecule has 1 atom stereocenters. The van der Waals surface area contributed by atoms with Crippen molar-refractivity contribution >= 4 is 29.1 Å². The molecule has 8 nitrogen and oxygen atoms in total. The van der Waals surface area contributed by atoms with Crippen LogP contribution in [-0.4, -0.2) is 62.3 Å². The Bertz CT molecular complexity index is 1070. The lowest BCUT2D eigenvalue weighted by Crippen LogP contribution is -2.33. The van der Waals surface area contributed by atoms with Crippen molar-refractivity contribution in [2.45, 2.75) is 26.0 Å². The van der Waals surface area contributed by atoms with E-state index in [9.17, 15) is 14.7 Å². The topological polar surface area (TPSA) is 94.5 Å². The second-order valence-corrected chi connectivity index (χ2v) is 8.31. The summed E-state index contributed by atoms with van der Waals surface area (Å²) in [7, 11) is 4.43. The van der Waals surface area contributed by atoms with Crippen LogP contribution >= 0.6 is 11.6 Å². The van der Waals surface area contributed by atoms with Crippen molar-refractivity contribution in [2.75, 3.05) is 34.5 Å². The third kappa shape index (κ3) is 4.98. The molecule has 0 saturated carbocycles. The standard InChI is InChI=1S/C25H28ClNO7/c1-14(2)34-11-10-27-21(16-12-18(31-3)24(33-5)19(13-16)32-4)20(23(29)25(27)30)22(28)15-6-8-17(26)9-7-15/h6-9,12-14,21,28H,10-11H2,1-5H3/b22-20+. The molecule has 34 heavy (non-hydrogen) atoms. The molecule has 1 unspecified atom stereocenters. The van der Waals surface area contributed by atoms with Crippen LogP contribution in [0.5, 0.6) is 17.2 Å². The molecular weight excluding hydrogens is 462 g/mol. The highest BCUT2D eigenvalue weighted by Gasteiger charge is 2.46. The predicted molar refractivity (Wildman–Crippen MR) is 128 cm³/mol. The van der Waals surface area contributed by atoms with Crippen molar-refractivity contribution < 1.29 is 33.6 Å². The first-order valence-corrected chi connectivity index (χ1v) is 11.1. The summed E-state index contributed by atoms with van der Waals surface area (Å²) in [5.41, 5.74) is 0.818. The maximum atomic E-state index is 13.1. The molecule has 1 N–H and O–H groups in total. The van der Waals surface area contributed by atoms with Crippen LogP contribution in [-0.2, 0) is 14.3 Å². The van der Waals surface area contributed by atoms with Gasteiger partial charge >= 0.3 is 0 Å². The Labute approximate surface area is 203 Å². The highest BCUT2D eigenvalue weighted by Crippen LogP contribution is 2.45. The molecule has 0 radical (unpaired) electrons. The Hall–Kier alpha value is -3.23. The molecule has 3 rings (SSSR count). The van der Waals surface area contributed by atoms with E-state index in [1.165, 1.54) is 26.2 Å². The summed E-state index contributed by atoms with van der Waals surface area (Å²) >= 11 is 5.97.